The molecular formula is C24H35N3O5. The van der Waals surface area contributed by atoms with Crippen molar-refractivity contribution in [3.05, 3.63) is 29.8 Å². The predicted octanol–water partition coefficient (Wildman–Crippen LogP) is 1.37. The number of morpholine rings is 1. The maximum Gasteiger partial charge on any atom is 0.225 e. The Kier molecular flexibility index (Phi) is 7.33. The molecule has 3 aliphatic heterocycles. The zero-order chi connectivity index (χ0) is 22.7. The lowest BCUT2D eigenvalue weighted by Crippen LogP contribution is -2.43. The van der Waals surface area contributed by atoms with Crippen LogP contribution in [0.1, 0.15) is 32.3 Å². The van der Waals surface area contributed by atoms with Crippen LogP contribution in [-0.4, -0.2) is 84.4 Å². The number of hydrogen-bond donors (Lipinski definition) is 2. The number of aromatic hydroxyl groups is 1. The highest BCUT2D eigenvalue weighted by Gasteiger charge is 2.51. The summed E-state index contributed by atoms with van der Waals surface area (Å²) >= 11 is 0. The van der Waals surface area contributed by atoms with Crippen LogP contribution in [0.3, 0.4) is 0 Å². The lowest BCUT2D eigenvalue weighted by Gasteiger charge is -2.29. The number of carbonyl (C=O) groups excluding carboxylic acids is 2. The SMILES string of the molecule is CC(C)NC(=O)C[C@@H]1CN(Cc2cccc(O)c2)[C@@H]2CO[C@@H](CC(=O)N3CCOCC3)[C@H]12. The van der Waals surface area contributed by atoms with E-state index in [2.05, 4.69) is 10.2 Å². The Hall–Kier alpha value is -2.16. The van der Waals surface area contributed by atoms with E-state index in [9.17, 15) is 14.7 Å². The number of likely N-dealkylation sites (tertiary alicyclic amines) is 1. The van der Waals surface area contributed by atoms with Crippen molar-refractivity contribution in [3.63, 3.8) is 0 Å². The van der Waals surface area contributed by atoms with E-state index in [0.717, 1.165) is 12.1 Å². The Labute approximate surface area is 189 Å². The zero-order valence-electron chi connectivity index (χ0n) is 19.0. The van der Waals surface area contributed by atoms with Crippen LogP contribution in [0.4, 0.5) is 0 Å². The van der Waals surface area contributed by atoms with Gasteiger partial charge in [0.1, 0.15) is 5.75 Å². The summed E-state index contributed by atoms with van der Waals surface area (Å²) in [6.07, 6.45) is 0.603. The van der Waals surface area contributed by atoms with E-state index in [4.69, 9.17) is 9.47 Å². The van der Waals surface area contributed by atoms with Gasteiger partial charge in [0.2, 0.25) is 11.8 Å². The second-order valence-electron chi connectivity index (χ2n) is 9.50. The average Bonchev–Trinajstić information content (AvgIpc) is 3.30. The molecule has 4 atom stereocenters. The number of phenols is 1. The number of carbonyl (C=O) groups is 2. The Balaban J connectivity index is 1.47. The molecule has 4 rings (SSSR count). The van der Waals surface area contributed by atoms with Crippen molar-refractivity contribution in [3.8, 4) is 5.75 Å². The number of ether oxygens (including phenoxy) is 2. The number of nitrogens with one attached hydrogen (secondary N) is 1. The Morgan fingerprint density at radius 1 is 1.22 bits per heavy atom. The van der Waals surface area contributed by atoms with E-state index >= 15 is 0 Å². The van der Waals surface area contributed by atoms with Crippen LogP contribution < -0.4 is 5.32 Å². The van der Waals surface area contributed by atoms with E-state index in [1.54, 1.807) is 12.1 Å². The van der Waals surface area contributed by atoms with Gasteiger partial charge in [0.25, 0.3) is 0 Å². The Morgan fingerprint density at radius 2 is 2.00 bits per heavy atom. The molecule has 2 amide bonds. The molecule has 32 heavy (non-hydrogen) atoms. The van der Waals surface area contributed by atoms with Crippen molar-refractivity contribution in [1.82, 2.24) is 15.1 Å². The number of hydrogen-bond acceptors (Lipinski definition) is 6. The number of phenolic OH excluding ortho intramolecular Hbond substituents is 1. The number of fused-ring (bicyclic) bond motifs is 1. The number of nitrogens with zero attached hydrogens (tertiary/aromatic N) is 2. The van der Waals surface area contributed by atoms with Gasteiger partial charge in [-0.15, -0.1) is 0 Å². The molecule has 0 spiro atoms. The third-order valence-electron chi connectivity index (χ3n) is 6.77. The van der Waals surface area contributed by atoms with Gasteiger partial charge in [-0.2, -0.15) is 0 Å². The fourth-order valence-corrected chi connectivity index (χ4v) is 5.42. The highest BCUT2D eigenvalue weighted by Crippen LogP contribution is 2.42. The van der Waals surface area contributed by atoms with Crippen molar-refractivity contribution in [2.75, 3.05) is 39.5 Å². The first-order valence-electron chi connectivity index (χ1n) is 11.7. The molecule has 0 unspecified atom stereocenters. The fraction of sp³-hybridized carbons (Fsp3) is 0.667. The molecule has 2 N–H and O–H groups in total. The van der Waals surface area contributed by atoms with Crippen LogP contribution in [0.25, 0.3) is 0 Å². The summed E-state index contributed by atoms with van der Waals surface area (Å²) in [4.78, 5) is 29.7. The van der Waals surface area contributed by atoms with Crippen LogP contribution >= 0.6 is 0 Å². The summed E-state index contributed by atoms with van der Waals surface area (Å²) in [6, 6.07) is 7.56. The van der Waals surface area contributed by atoms with Crippen molar-refractivity contribution in [2.24, 2.45) is 11.8 Å². The lowest BCUT2D eigenvalue weighted by atomic mass is 9.84. The van der Waals surface area contributed by atoms with Crippen LogP contribution in [0.15, 0.2) is 24.3 Å². The predicted molar refractivity (Wildman–Crippen MR) is 119 cm³/mol. The second-order valence-corrected chi connectivity index (χ2v) is 9.50. The molecule has 1 aromatic carbocycles. The molecular weight excluding hydrogens is 410 g/mol. The van der Waals surface area contributed by atoms with E-state index in [1.165, 1.54) is 0 Å². The van der Waals surface area contributed by atoms with E-state index in [1.807, 2.05) is 30.9 Å². The van der Waals surface area contributed by atoms with E-state index in [0.29, 0.717) is 52.3 Å². The second kappa shape index (κ2) is 10.2. The van der Waals surface area contributed by atoms with Gasteiger partial charge in [-0.1, -0.05) is 12.1 Å². The maximum absolute atomic E-state index is 12.9. The summed E-state index contributed by atoms with van der Waals surface area (Å²) in [5, 5.41) is 12.9. The Morgan fingerprint density at radius 3 is 2.72 bits per heavy atom. The summed E-state index contributed by atoms with van der Waals surface area (Å²) in [7, 11) is 0. The molecule has 8 heteroatoms. The molecule has 3 saturated heterocycles. The van der Waals surface area contributed by atoms with Crippen LogP contribution in [-0.2, 0) is 25.6 Å². The van der Waals surface area contributed by atoms with Gasteiger partial charge in [-0.05, 0) is 37.5 Å². The van der Waals surface area contributed by atoms with Crippen molar-refractivity contribution < 1.29 is 24.2 Å². The third kappa shape index (κ3) is 5.42. The van der Waals surface area contributed by atoms with Gasteiger partial charge >= 0.3 is 0 Å². The average molecular weight is 446 g/mol. The highest BCUT2D eigenvalue weighted by atomic mass is 16.5. The first-order chi connectivity index (χ1) is 15.4. The van der Waals surface area contributed by atoms with Gasteiger partial charge in [0.05, 0.1) is 32.3 Å². The van der Waals surface area contributed by atoms with E-state index < -0.39 is 0 Å². The minimum atomic E-state index is -0.179. The summed E-state index contributed by atoms with van der Waals surface area (Å²) in [5.74, 6) is 0.669. The van der Waals surface area contributed by atoms with Gasteiger partial charge in [0, 0.05) is 50.6 Å². The van der Waals surface area contributed by atoms with Crippen LogP contribution in [0.2, 0.25) is 0 Å². The molecule has 0 aliphatic carbocycles. The molecule has 0 aromatic heterocycles. The standard InChI is InChI=1S/C24H35N3O5/c1-16(2)25-22(29)11-18-14-27(13-17-4-3-5-19(28)10-17)20-15-32-21(24(18)20)12-23(30)26-6-8-31-9-7-26/h3-5,10,16,18,20-21,24,28H,6-9,11-15H2,1-2H3,(H,25,29)/t18-,20-,21+,24-/m1/s1. The number of benzene rings is 1. The van der Waals surface area contributed by atoms with Crippen LogP contribution in [0.5, 0.6) is 5.75 Å². The third-order valence-corrected chi connectivity index (χ3v) is 6.77. The topological polar surface area (TPSA) is 91.3 Å². The van der Waals surface area contributed by atoms with Gasteiger partial charge < -0.3 is 24.8 Å². The van der Waals surface area contributed by atoms with Crippen molar-refractivity contribution in [1.29, 1.82) is 0 Å². The summed E-state index contributed by atoms with van der Waals surface area (Å²) in [5.41, 5.74) is 1.03. The first kappa shape index (κ1) is 23.0. The van der Waals surface area contributed by atoms with Crippen LogP contribution in [0, 0.1) is 11.8 Å². The minimum absolute atomic E-state index is 0.0492. The smallest absolute Gasteiger partial charge is 0.225 e. The monoisotopic (exact) mass is 445 g/mol. The van der Waals surface area contributed by atoms with Gasteiger partial charge in [-0.3, -0.25) is 14.5 Å². The first-order valence-corrected chi connectivity index (χ1v) is 11.7. The van der Waals surface area contributed by atoms with Gasteiger partial charge in [-0.25, -0.2) is 0 Å². The number of rotatable bonds is 7. The molecule has 0 saturated carbocycles. The van der Waals surface area contributed by atoms with Crippen molar-refractivity contribution in [2.45, 2.75) is 51.4 Å². The summed E-state index contributed by atoms with van der Waals surface area (Å²) in [6.45, 7) is 8.38. The fourth-order valence-electron chi connectivity index (χ4n) is 5.42. The van der Waals surface area contributed by atoms with Gasteiger partial charge in [0.15, 0.2) is 0 Å². The molecule has 3 aliphatic rings. The number of amides is 2. The molecule has 176 valence electrons. The van der Waals surface area contributed by atoms with Crippen molar-refractivity contribution >= 4 is 11.8 Å². The summed E-state index contributed by atoms with van der Waals surface area (Å²) < 4.78 is 11.5. The molecule has 8 nitrogen and oxygen atoms in total. The van der Waals surface area contributed by atoms with E-state index in [-0.39, 0.29) is 47.6 Å². The molecule has 3 heterocycles. The largest absolute Gasteiger partial charge is 0.508 e. The normalized spacial score (nSPS) is 28.2. The molecule has 3 fully saturated rings. The highest BCUT2D eigenvalue weighted by molar-refractivity contribution is 5.77. The Bertz CT molecular complexity index is 811. The lowest BCUT2D eigenvalue weighted by molar-refractivity contribution is -0.138. The quantitative estimate of drug-likeness (QED) is 0.659. The maximum atomic E-state index is 12.9. The minimum Gasteiger partial charge on any atom is -0.508 e. The molecule has 0 radical (unpaired) electrons. The molecule has 0 bridgehead atoms. The zero-order valence-corrected chi connectivity index (χ0v) is 19.0. The molecule has 1 aromatic rings.